The fourth-order valence-corrected chi connectivity index (χ4v) is 2.65. The summed E-state index contributed by atoms with van der Waals surface area (Å²) < 4.78 is 21.6. The van der Waals surface area contributed by atoms with Gasteiger partial charge in [0.2, 0.25) is 0 Å². The zero-order valence-electron chi connectivity index (χ0n) is 19.5. The van der Waals surface area contributed by atoms with Crippen molar-refractivity contribution in [2.75, 3.05) is 45.0 Å². The van der Waals surface area contributed by atoms with E-state index in [2.05, 4.69) is 6.92 Å². The fraction of sp³-hybridized carbons (Fsp3) is 0.385. The zero-order chi connectivity index (χ0) is 23.4. The number of amides is 1. The highest BCUT2D eigenvalue weighted by Gasteiger charge is 2.20. The molecule has 0 unspecified atom stereocenters. The first-order valence-electron chi connectivity index (χ1n) is 10.7. The molecule has 2 aromatic rings. The maximum absolute atomic E-state index is 12.2. The molecule has 173 valence electrons. The van der Waals surface area contributed by atoms with Crippen molar-refractivity contribution in [1.29, 1.82) is 0 Å². The summed E-state index contributed by atoms with van der Waals surface area (Å²) in [6, 6.07) is 15.6. The van der Waals surface area contributed by atoms with E-state index in [1.54, 1.807) is 7.05 Å². The lowest BCUT2D eigenvalue weighted by molar-refractivity contribution is 0.0445. The van der Waals surface area contributed by atoms with Crippen LogP contribution in [0.5, 0.6) is 5.75 Å². The van der Waals surface area contributed by atoms with Crippen LogP contribution in [0, 0.1) is 6.92 Å². The van der Waals surface area contributed by atoms with Crippen LogP contribution in [0.15, 0.2) is 48.5 Å². The van der Waals surface area contributed by atoms with Crippen molar-refractivity contribution in [2.24, 2.45) is 0 Å². The minimum Gasteiger partial charge on any atom is -0.491 e. The van der Waals surface area contributed by atoms with Gasteiger partial charge in [0, 0.05) is 19.3 Å². The Morgan fingerprint density at radius 1 is 0.875 bits per heavy atom. The van der Waals surface area contributed by atoms with Crippen LogP contribution in [0.25, 0.3) is 12.2 Å². The van der Waals surface area contributed by atoms with Gasteiger partial charge >= 0.3 is 6.09 Å². The van der Waals surface area contributed by atoms with E-state index in [-0.39, 0.29) is 6.09 Å². The normalized spacial score (nSPS) is 11.5. The number of benzene rings is 2. The smallest absolute Gasteiger partial charge is 0.414 e. The number of hydrogen-bond acceptors (Lipinski definition) is 5. The molecule has 0 fully saturated rings. The summed E-state index contributed by atoms with van der Waals surface area (Å²) in [5, 5.41) is 0. The van der Waals surface area contributed by atoms with Crippen molar-refractivity contribution < 1.29 is 23.7 Å². The third-order valence-electron chi connectivity index (χ3n) is 4.31. The van der Waals surface area contributed by atoms with Crippen LogP contribution in [0.4, 0.5) is 10.5 Å². The Bertz CT molecular complexity index is 838. The van der Waals surface area contributed by atoms with Crippen molar-refractivity contribution in [3.8, 4) is 5.75 Å². The molecule has 32 heavy (non-hydrogen) atoms. The summed E-state index contributed by atoms with van der Waals surface area (Å²) in [5.41, 5.74) is 2.35. The van der Waals surface area contributed by atoms with Gasteiger partial charge in [-0.3, -0.25) is 4.90 Å². The molecular formula is C26H34NO5. The highest BCUT2D eigenvalue weighted by Crippen LogP contribution is 2.19. The van der Waals surface area contributed by atoms with E-state index in [1.807, 2.05) is 81.5 Å². The molecule has 0 aliphatic rings. The van der Waals surface area contributed by atoms with Gasteiger partial charge < -0.3 is 18.9 Å². The van der Waals surface area contributed by atoms with Crippen molar-refractivity contribution in [3.05, 3.63) is 66.6 Å². The van der Waals surface area contributed by atoms with Crippen LogP contribution in [0.1, 0.15) is 31.9 Å². The van der Waals surface area contributed by atoms with Gasteiger partial charge in [0.05, 0.1) is 19.8 Å². The van der Waals surface area contributed by atoms with E-state index in [0.717, 1.165) is 22.6 Å². The third-order valence-corrected chi connectivity index (χ3v) is 4.31. The lowest BCUT2D eigenvalue weighted by Crippen LogP contribution is -2.34. The second-order valence-electron chi connectivity index (χ2n) is 8.11. The maximum atomic E-state index is 12.2. The van der Waals surface area contributed by atoms with Crippen molar-refractivity contribution >= 4 is 23.9 Å². The first-order chi connectivity index (χ1) is 15.3. The van der Waals surface area contributed by atoms with Gasteiger partial charge in [-0.1, -0.05) is 36.4 Å². The number of ether oxygens (including phenoxy) is 4. The molecule has 0 aromatic heterocycles. The SMILES string of the molecule is [CH2]COCCOCCOc1ccc(/C=C/c2ccc(N(C)C(=O)OC(C)(C)C)cc2)cc1. The fourth-order valence-electron chi connectivity index (χ4n) is 2.65. The van der Waals surface area contributed by atoms with Crippen LogP contribution in [0.2, 0.25) is 0 Å². The highest BCUT2D eigenvalue weighted by molar-refractivity contribution is 5.87. The van der Waals surface area contributed by atoms with Crippen molar-refractivity contribution in [1.82, 2.24) is 0 Å². The van der Waals surface area contributed by atoms with E-state index in [4.69, 9.17) is 18.9 Å². The minimum absolute atomic E-state index is 0.377. The highest BCUT2D eigenvalue weighted by atomic mass is 16.6. The van der Waals surface area contributed by atoms with E-state index in [0.29, 0.717) is 33.0 Å². The summed E-state index contributed by atoms with van der Waals surface area (Å²) in [6.07, 6.45) is 3.68. The summed E-state index contributed by atoms with van der Waals surface area (Å²) in [6.45, 7) is 11.7. The van der Waals surface area contributed by atoms with Gasteiger partial charge in [0.25, 0.3) is 0 Å². The summed E-state index contributed by atoms with van der Waals surface area (Å²) in [5.74, 6) is 0.800. The van der Waals surface area contributed by atoms with Gasteiger partial charge in [-0.15, -0.1) is 0 Å². The van der Waals surface area contributed by atoms with Crippen LogP contribution in [0.3, 0.4) is 0 Å². The maximum Gasteiger partial charge on any atom is 0.414 e. The van der Waals surface area contributed by atoms with Crippen molar-refractivity contribution in [2.45, 2.75) is 26.4 Å². The third kappa shape index (κ3) is 9.54. The molecule has 6 heteroatoms. The minimum atomic E-state index is -0.524. The molecule has 0 bridgehead atoms. The number of hydrogen-bond donors (Lipinski definition) is 0. The molecule has 1 amide bonds. The summed E-state index contributed by atoms with van der Waals surface area (Å²) in [4.78, 5) is 13.7. The summed E-state index contributed by atoms with van der Waals surface area (Å²) >= 11 is 0. The number of anilines is 1. The largest absolute Gasteiger partial charge is 0.491 e. The molecule has 2 aromatic carbocycles. The molecule has 0 spiro atoms. The predicted molar refractivity (Wildman–Crippen MR) is 129 cm³/mol. The quantitative estimate of drug-likeness (QED) is 0.342. The van der Waals surface area contributed by atoms with E-state index in [9.17, 15) is 4.79 Å². The molecule has 0 N–H and O–H groups in total. The van der Waals surface area contributed by atoms with E-state index >= 15 is 0 Å². The Labute approximate surface area is 191 Å². The number of rotatable bonds is 11. The Kier molecular flexibility index (Phi) is 10.2. The van der Waals surface area contributed by atoms with Gasteiger partial charge in [0.1, 0.15) is 18.0 Å². The van der Waals surface area contributed by atoms with Gasteiger partial charge in [-0.05, 0) is 63.1 Å². The zero-order valence-corrected chi connectivity index (χ0v) is 19.5. The van der Waals surface area contributed by atoms with Crippen LogP contribution in [-0.2, 0) is 14.2 Å². The Morgan fingerprint density at radius 3 is 1.97 bits per heavy atom. The van der Waals surface area contributed by atoms with Gasteiger partial charge in [-0.25, -0.2) is 4.79 Å². The molecule has 1 radical (unpaired) electrons. The number of carbonyl (C=O) groups is 1. The lowest BCUT2D eigenvalue weighted by Gasteiger charge is -2.24. The average molecular weight is 441 g/mol. The Morgan fingerprint density at radius 2 is 1.41 bits per heavy atom. The van der Waals surface area contributed by atoms with Crippen LogP contribution >= 0.6 is 0 Å². The van der Waals surface area contributed by atoms with E-state index < -0.39 is 5.60 Å². The second kappa shape index (κ2) is 12.9. The lowest BCUT2D eigenvalue weighted by atomic mass is 10.1. The Balaban J connectivity index is 1.81. The van der Waals surface area contributed by atoms with Gasteiger partial charge in [0.15, 0.2) is 0 Å². The number of carbonyl (C=O) groups excluding carboxylic acids is 1. The molecular weight excluding hydrogens is 406 g/mol. The molecule has 0 atom stereocenters. The molecule has 0 saturated carbocycles. The number of nitrogens with zero attached hydrogens (tertiary/aromatic N) is 1. The molecule has 0 aliphatic heterocycles. The predicted octanol–water partition coefficient (Wildman–Crippen LogP) is 5.47. The first-order valence-corrected chi connectivity index (χ1v) is 10.7. The first kappa shape index (κ1) is 25.4. The molecule has 0 aliphatic carbocycles. The standard InChI is InChI=1S/C26H34NO5/c1-6-29-17-18-30-19-20-31-24-15-11-22(12-16-24)8-7-21-9-13-23(14-10-21)27(5)25(28)32-26(2,3)4/h7-16H,1,6,17-20H2,2-5H3/b8-7+. The Hall–Kier alpha value is -2.83. The van der Waals surface area contributed by atoms with Crippen LogP contribution < -0.4 is 9.64 Å². The molecule has 2 rings (SSSR count). The second-order valence-corrected chi connectivity index (χ2v) is 8.11. The molecule has 6 nitrogen and oxygen atoms in total. The monoisotopic (exact) mass is 440 g/mol. The average Bonchev–Trinajstić information content (AvgIpc) is 2.76. The summed E-state index contributed by atoms with van der Waals surface area (Å²) in [7, 11) is 1.70. The van der Waals surface area contributed by atoms with E-state index in [1.165, 1.54) is 4.90 Å². The molecule has 0 saturated heterocycles. The van der Waals surface area contributed by atoms with Crippen LogP contribution in [-0.4, -0.2) is 51.8 Å². The molecule has 0 heterocycles. The topological polar surface area (TPSA) is 57.2 Å². The van der Waals surface area contributed by atoms with Crippen molar-refractivity contribution in [3.63, 3.8) is 0 Å². The van der Waals surface area contributed by atoms with Gasteiger partial charge in [-0.2, -0.15) is 0 Å².